The smallest absolute Gasteiger partial charge is 0.167 e. The lowest BCUT2D eigenvalue weighted by Crippen LogP contribution is -2.03. The normalized spacial score (nSPS) is 10.8. The predicted octanol–water partition coefficient (Wildman–Crippen LogP) is 5.57. The average Bonchev–Trinajstić information content (AvgIpc) is 2.50. The van der Waals surface area contributed by atoms with Crippen molar-refractivity contribution < 1.29 is 4.79 Å². The molecule has 1 nitrogen and oxygen atoms in total. The second-order valence-corrected chi connectivity index (χ2v) is 5.72. The lowest BCUT2D eigenvalue weighted by atomic mass is 10.0. The van der Waals surface area contributed by atoms with Gasteiger partial charge in [-0.05, 0) is 34.5 Å². The maximum Gasteiger partial charge on any atom is 0.167 e. The Labute approximate surface area is 133 Å². The molecule has 0 saturated heterocycles. The van der Waals surface area contributed by atoms with Crippen LogP contribution in [-0.4, -0.2) is 5.78 Å². The Hall–Kier alpha value is -1.83. The van der Waals surface area contributed by atoms with Crippen molar-refractivity contribution in [3.8, 4) is 0 Å². The fourth-order valence-corrected chi connectivity index (χ4v) is 2.60. The Balaban J connectivity index is 1.87. The lowest BCUT2D eigenvalue weighted by molar-refractivity contribution is 0.0993. The first-order valence-corrected chi connectivity index (χ1v) is 7.35. The molecular weight excluding hydrogens is 303 g/mol. The van der Waals surface area contributed by atoms with Gasteiger partial charge in [0.2, 0.25) is 0 Å². The molecule has 0 amide bonds. The van der Waals surface area contributed by atoms with Crippen molar-refractivity contribution in [2.75, 3.05) is 0 Å². The van der Waals surface area contributed by atoms with Crippen LogP contribution < -0.4 is 0 Å². The monoisotopic (exact) mass is 314 g/mol. The standard InChI is InChI=1S/C18H12Cl2O/c19-16-8-7-15(11-17(16)20)18(21)10-12-5-6-13-3-1-2-4-14(13)9-12/h1-9,11H,10H2. The highest BCUT2D eigenvalue weighted by atomic mass is 35.5. The fraction of sp³-hybridized carbons (Fsp3) is 0.0556. The minimum absolute atomic E-state index is 0.0313. The van der Waals surface area contributed by atoms with Gasteiger partial charge in [0.15, 0.2) is 5.78 Å². The van der Waals surface area contributed by atoms with E-state index in [2.05, 4.69) is 6.07 Å². The molecule has 21 heavy (non-hydrogen) atoms. The number of carbonyl (C=O) groups is 1. The van der Waals surface area contributed by atoms with Gasteiger partial charge in [0.25, 0.3) is 0 Å². The summed E-state index contributed by atoms with van der Waals surface area (Å²) >= 11 is 11.8. The summed E-state index contributed by atoms with van der Waals surface area (Å²) < 4.78 is 0. The minimum atomic E-state index is 0.0313. The summed E-state index contributed by atoms with van der Waals surface area (Å²) in [5, 5.41) is 3.17. The summed E-state index contributed by atoms with van der Waals surface area (Å²) in [4.78, 5) is 12.3. The molecule has 0 atom stereocenters. The number of halogens is 2. The van der Waals surface area contributed by atoms with Crippen LogP contribution in [0.15, 0.2) is 60.7 Å². The molecule has 0 aliphatic rings. The number of fused-ring (bicyclic) bond motifs is 1. The van der Waals surface area contributed by atoms with Crippen LogP contribution in [0, 0.1) is 0 Å². The molecule has 3 heteroatoms. The van der Waals surface area contributed by atoms with Crippen molar-refractivity contribution in [2.24, 2.45) is 0 Å². The van der Waals surface area contributed by atoms with E-state index < -0.39 is 0 Å². The molecule has 0 radical (unpaired) electrons. The molecule has 3 aromatic rings. The molecule has 3 rings (SSSR count). The van der Waals surface area contributed by atoms with Crippen molar-refractivity contribution in [3.63, 3.8) is 0 Å². The van der Waals surface area contributed by atoms with Crippen molar-refractivity contribution in [1.82, 2.24) is 0 Å². The van der Waals surface area contributed by atoms with E-state index in [4.69, 9.17) is 23.2 Å². The number of hydrogen-bond donors (Lipinski definition) is 0. The van der Waals surface area contributed by atoms with Crippen LogP contribution in [0.1, 0.15) is 15.9 Å². The third kappa shape index (κ3) is 3.10. The van der Waals surface area contributed by atoms with E-state index in [1.54, 1.807) is 18.2 Å². The quantitative estimate of drug-likeness (QED) is 0.577. The molecule has 0 N–H and O–H groups in total. The van der Waals surface area contributed by atoms with E-state index in [0.29, 0.717) is 22.0 Å². The fourth-order valence-electron chi connectivity index (χ4n) is 2.31. The molecule has 104 valence electrons. The zero-order valence-corrected chi connectivity index (χ0v) is 12.7. The van der Waals surface area contributed by atoms with E-state index in [1.165, 1.54) is 5.39 Å². The third-order valence-corrected chi connectivity index (χ3v) is 4.16. The van der Waals surface area contributed by atoms with E-state index in [9.17, 15) is 4.79 Å². The number of ketones is 1. The molecule has 0 aliphatic carbocycles. The summed E-state index contributed by atoms with van der Waals surface area (Å²) in [6.45, 7) is 0. The topological polar surface area (TPSA) is 17.1 Å². The maximum atomic E-state index is 12.3. The molecule has 0 saturated carbocycles. The van der Waals surface area contributed by atoms with E-state index in [0.717, 1.165) is 10.9 Å². The molecule has 0 spiro atoms. The van der Waals surface area contributed by atoms with Crippen LogP contribution in [0.2, 0.25) is 10.0 Å². The Morgan fingerprint density at radius 2 is 1.57 bits per heavy atom. The summed E-state index contributed by atoms with van der Waals surface area (Å²) in [6, 6.07) is 19.1. The van der Waals surface area contributed by atoms with Crippen LogP contribution in [0.25, 0.3) is 10.8 Å². The highest BCUT2D eigenvalue weighted by Gasteiger charge is 2.09. The average molecular weight is 315 g/mol. The van der Waals surface area contributed by atoms with Crippen LogP contribution in [0.3, 0.4) is 0 Å². The Morgan fingerprint density at radius 3 is 2.33 bits per heavy atom. The molecule has 0 heterocycles. The van der Waals surface area contributed by atoms with E-state index in [1.807, 2.05) is 36.4 Å². The molecular formula is C18H12Cl2O. The minimum Gasteiger partial charge on any atom is -0.294 e. The Morgan fingerprint density at radius 1 is 0.810 bits per heavy atom. The van der Waals surface area contributed by atoms with Gasteiger partial charge in [-0.3, -0.25) is 4.79 Å². The zero-order chi connectivity index (χ0) is 14.8. The van der Waals surface area contributed by atoms with Gasteiger partial charge in [0, 0.05) is 12.0 Å². The zero-order valence-electron chi connectivity index (χ0n) is 11.1. The first-order valence-electron chi connectivity index (χ1n) is 6.59. The molecule has 0 unspecified atom stereocenters. The highest BCUT2D eigenvalue weighted by molar-refractivity contribution is 6.42. The highest BCUT2D eigenvalue weighted by Crippen LogP contribution is 2.24. The number of benzene rings is 3. The Kier molecular flexibility index (Phi) is 3.96. The molecule has 3 aromatic carbocycles. The van der Waals surface area contributed by atoms with Crippen LogP contribution in [0.4, 0.5) is 0 Å². The van der Waals surface area contributed by atoms with Crippen LogP contribution >= 0.6 is 23.2 Å². The first-order chi connectivity index (χ1) is 10.1. The summed E-state index contributed by atoms with van der Waals surface area (Å²) in [7, 11) is 0. The van der Waals surface area contributed by atoms with Crippen molar-refractivity contribution in [1.29, 1.82) is 0 Å². The van der Waals surface area contributed by atoms with Crippen LogP contribution in [-0.2, 0) is 6.42 Å². The van der Waals surface area contributed by atoms with Gasteiger partial charge in [0.1, 0.15) is 0 Å². The van der Waals surface area contributed by atoms with Gasteiger partial charge in [-0.1, -0.05) is 65.7 Å². The molecule has 0 aromatic heterocycles. The summed E-state index contributed by atoms with van der Waals surface area (Å²) in [5.74, 6) is 0.0313. The van der Waals surface area contributed by atoms with Gasteiger partial charge in [0.05, 0.1) is 10.0 Å². The maximum absolute atomic E-state index is 12.3. The van der Waals surface area contributed by atoms with Crippen molar-refractivity contribution >= 4 is 39.8 Å². The van der Waals surface area contributed by atoms with Crippen molar-refractivity contribution in [3.05, 3.63) is 81.8 Å². The third-order valence-electron chi connectivity index (χ3n) is 3.42. The summed E-state index contributed by atoms with van der Waals surface area (Å²) in [5.41, 5.74) is 1.57. The largest absolute Gasteiger partial charge is 0.294 e. The number of carbonyl (C=O) groups excluding carboxylic acids is 1. The number of Topliss-reactive ketones (excluding diaryl/α,β-unsaturated/α-hetero) is 1. The van der Waals surface area contributed by atoms with Gasteiger partial charge in [-0.2, -0.15) is 0 Å². The second-order valence-electron chi connectivity index (χ2n) is 4.91. The molecule has 0 aliphatic heterocycles. The van der Waals surface area contributed by atoms with E-state index >= 15 is 0 Å². The molecule has 0 fully saturated rings. The van der Waals surface area contributed by atoms with Crippen LogP contribution in [0.5, 0.6) is 0 Å². The van der Waals surface area contributed by atoms with Gasteiger partial charge in [-0.25, -0.2) is 0 Å². The first kappa shape index (κ1) is 14.1. The number of rotatable bonds is 3. The van der Waals surface area contributed by atoms with Gasteiger partial charge in [-0.15, -0.1) is 0 Å². The summed E-state index contributed by atoms with van der Waals surface area (Å²) in [6.07, 6.45) is 0.350. The predicted molar refractivity (Wildman–Crippen MR) is 88.4 cm³/mol. The SMILES string of the molecule is O=C(Cc1ccc2ccccc2c1)c1ccc(Cl)c(Cl)c1. The van der Waals surface area contributed by atoms with Gasteiger partial charge < -0.3 is 0 Å². The molecule has 0 bridgehead atoms. The van der Waals surface area contributed by atoms with E-state index in [-0.39, 0.29) is 5.78 Å². The Bertz CT molecular complexity index is 824. The second kappa shape index (κ2) is 5.88. The van der Waals surface area contributed by atoms with Crippen molar-refractivity contribution in [2.45, 2.75) is 6.42 Å². The lowest BCUT2D eigenvalue weighted by Gasteiger charge is -2.05. The van der Waals surface area contributed by atoms with Gasteiger partial charge >= 0.3 is 0 Å². The number of hydrogen-bond acceptors (Lipinski definition) is 1.